The molecule has 1 aromatic heterocycles. The summed E-state index contributed by atoms with van der Waals surface area (Å²) in [6, 6.07) is 6.09. The van der Waals surface area contributed by atoms with E-state index in [1.807, 2.05) is 19.9 Å². The molecular formula is C19H24FN2O4PS. The fourth-order valence-electron chi connectivity index (χ4n) is 2.55. The second-order valence-corrected chi connectivity index (χ2v) is 5.52. The highest BCUT2D eigenvalue weighted by molar-refractivity contribution is 8.31. The van der Waals surface area contributed by atoms with E-state index < -0.39 is 17.6 Å². The molecule has 152 valence electrons. The Bertz CT molecular complexity index is 849. The molecule has 2 aromatic rings. The Hall–Kier alpha value is -2.02. The van der Waals surface area contributed by atoms with Gasteiger partial charge in [-0.05, 0) is 42.8 Å². The highest BCUT2D eigenvalue weighted by Gasteiger charge is 2.22. The molecule has 0 saturated heterocycles. The number of ether oxygens (including phenoxy) is 1. The van der Waals surface area contributed by atoms with E-state index in [0.717, 1.165) is 0 Å². The van der Waals surface area contributed by atoms with Crippen LogP contribution >= 0.6 is 20.7 Å². The summed E-state index contributed by atoms with van der Waals surface area (Å²) in [6.45, 7) is 5.37. The van der Waals surface area contributed by atoms with Crippen LogP contribution in [0.5, 0.6) is 5.75 Å². The molecule has 1 aliphatic heterocycles. The van der Waals surface area contributed by atoms with Gasteiger partial charge < -0.3 is 9.84 Å². The number of aliphatic hydroxyl groups excluding tert-OH is 1. The zero-order valence-corrected chi connectivity index (χ0v) is 18.0. The number of aliphatic hydroxyl groups is 1. The van der Waals surface area contributed by atoms with Gasteiger partial charge in [0.2, 0.25) is 6.54 Å². The van der Waals surface area contributed by atoms with Gasteiger partial charge in [0.05, 0.1) is 5.69 Å². The van der Waals surface area contributed by atoms with Crippen LogP contribution in [-0.4, -0.2) is 28.2 Å². The number of aryl methyl sites for hydroxylation is 1. The Balaban J connectivity index is 0.000000921. The maximum Gasteiger partial charge on any atom is 0.235 e. The van der Waals surface area contributed by atoms with Crippen LogP contribution in [0.25, 0.3) is 17.3 Å². The number of benzene rings is 1. The lowest BCUT2D eigenvalue weighted by atomic mass is 10.0. The van der Waals surface area contributed by atoms with Crippen molar-refractivity contribution >= 4 is 26.8 Å². The van der Waals surface area contributed by atoms with Crippen molar-refractivity contribution in [1.82, 2.24) is 4.98 Å². The van der Waals surface area contributed by atoms with E-state index in [0.29, 0.717) is 34.7 Å². The minimum absolute atomic E-state index is 0.178. The Morgan fingerprint density at radius 2 is 2.07 bits per heavy atom. The quantitative estimate of drug-likeness (QED) is 0.322. The van der Waals surface area contributed by atoms with Crippen molar-refractivity contribution in [2.45, 2.75) is 26.9 Å². The van der Waals surface area contributed by atoms with Gasteiger partial charge in [0.25, 0.3) is 0 Å². The second kappa shape index (κ2) is 11.7. The zero-order chi connectivity index (χ0) is 21.3. The monoisotopic (exact) mass is 426 g/mol. The molecule has 2 heterocycles. The Morgan fingerprint density at radius 1 is 1.39 bits per heavy atom. The second-order valence-electron chi connectivity index (χ2n) is 5.52. The number of pyridine rings is 1. The average Bonchev–Trinajstić information content (AvgIpc) is 2.71. The van der Waals surface area contributed by atoms with Crippen LogP contribution in [0.1, 0.15) is 36.8 Å². The summed E-state index contributed by atoms with van der Waals surface area (Å²) < 4.78 is 19.2. The highest BCUT2D eigenvalue weighted by atomic mass is 32.7. The number of thiol groups is 1. The zero-order valence-electron chi connectivity index (χ0n) is 15.9. The van der Waals surface area contributed by atoms with Crippen molar-refractivity contribution < 1.29 is 19.2 Å². The van der Waals surface area contributed by atoms with Crippen LogP contribution in [0.15, 0.2) is 30.3 Å². The fraction of sp³-hybridized carbons (Fsp3) is 0.316. The smallest absolute Gasteiger partial charge is 0.235 e. The molecular weight excluding hydrogens is 402 g/mol. The molecule has 3 rings (SSSR count). The predicted octanol–water partition coefficient (Wildman–Crippen LogP) is 4.64. The van der Waals surface area contributed by atoms with Gasteiger partial charge in [-0.25, -0.2) is 9.37 Å². The molecule has 28 heavy (non-hydrogen) atoms. The molecule has 6 nitrogen and oxygen atoms in total. The molecule has 1 N–H and O–H groups in total. The standard InChI is InChI=1S/C17H15FN2O4.C2H6.H3PS/c1-10-7-11(4-5-13(10)18)16-17-12(3-2-6-24-17)8-14(19-16)15(21)9-20(22)23;2*1-2/h2-5,7-8,15,21H,6,9H2,1H3;1-2H3;2H,1H2. The highest BCUT2D eigenvalue weighted by Crippen LogP contribution is 2.36. The normalized spacial score (nSPS) is 12.4. The van der Waals surface area contributed by atoms with E-state index in [2.05, 4.69) is 25.7 Å². The summed E-state index contributed by atoms with van der Waals surface area (Å²) in [7, 11) is 2.11. The molecule has 1 aromatic carbocycles. The molecule has 0 radical (unpaired) electrons. The number of nitrogens with zero attached hydrogens (tertiary/aromatic N) is 2. The van der Waals surface area contributed by atoms with Crippen LogP contribution in [0.4, 0.5) is 4.39 Å². The number of nitro groups is 1. The lowest BCUT2D eigenvalue weighted by molar-refractivity contribution is -0.491. The van der Waals surface area contributed by atoms with Gasteiger partial charge in [0, 0.05) is 16.1 Å². The van der Waals surface area contributed by atoms with E-state index in [1.54, 1.807) is 31.2 Å². The van der Waals surface area contributed by atoms with Crippen LogP contribution in [0.3, 0.4) is 0 Å². The number of halogens is 1. The SMILES string of the molecule is CC.Cc1cc(-c2nc(C(O)C[N+](=O)[O-])cc3c2OCC=C3)ccc1F.PS. The number of hydrogen-bond acceptors (Lipinski definition) is 6. The molecule has 0 amide bonds. The van der Waals surface area contributed by atoms with E-state index in [4.69, 9.17) is 4.74 Å². The van der Waals surface area contributed by atoms with Crippen molar-refractivity contribution in [1.29, 1.82) is 0 Å². The van der Waals surface area contributed by atoms with E-state index >= 15 is 0 Å². The van der Waals surface area contributed by atoms with Crippen LogP contribution < -0.4 is 4.74 Å². The third kappa shape index (κ3) is 5.99. The maximum atomic E-state index is 13.5. The van der Waals surface area contributed by atoms with Gasteiger partial charge in [-0.2, -0.15) is 12.2 Å². The van der Waals surface area contributed by atoms with Gasteiger partial charge in [-0.3, -0.25) is 10.1 Å². The minimum Gasteiger partial charge on any atom is -0.487 e. The molecule has 2 unspecified atom stereocenters. The van der Waals surface area contributed by atoms with E-state index in [-0.39, 0.29) is 11.5 Å². The molecule has 2 atom stereocenters. The average molecular weight is 426 g/mol. The van der Waals surface area contributed by atoms with Crippen molar-refractivity contribution in [3.63, 3.8) is 0 Å². The first kappa shape index (κ1) is 24.0. The molecule has 1 aliphatic rings. The number of fused-ring (bicyclic) bond motifs is 1. The Labute approximate surface area is 171 Å². The first-order chi connectivity index (χ1) is 13.5. The van der Waals surface area contributed by atoms with Gasteiger partial charge in [-0.1, -0.05) is 28.4 Å². The van der Waals surface area contributed by atoms with Crippen molar-refractivity contribution in [3.05, 3.63) is 63.1 Å². The van der Waals surface area contributed by atoms with Crippen molar-refractivity contribution in [2.24, 2.45) is 0 Å². The van der Waals surface area contributed by atoms with E-state index in [1.165, 1.54) is 6.07 Å². The first-order valence-corrected chi connectivity index (χ1v) is 10.7. The lowest BCUT2D eigenvalue weighted by Crippen LogP contribution is -2.15. The van der Waals surface area contributed by atoms with Crippen molar-refractivity contribution in [2.75, 3.05) is 13.2 Å². The third-order valence-corrected chi connectivity index (χ3v) is 3.74. The maximum absolute atomic E-state index is 13.5. The number of aromatic nitrogens is 1. The summed E-state index contributed by atoms with van der Waals surface area (Å²) in [5.41, 5.74) is 2.35. The van der Waals surface area contributed by atoms with E-state index in [9.17, 15) is 19.6 Å². The topological polar surface area (TPSA) is 85.5 Å². The minimum atomic E-state index is -1.33. The fourth-order valence-corrected chi connectivity index (χ4v) is 2.55. The molecule has 0 bridgehead atoms. The third-order valence-electron chi connectivity index (χ3n) is 3.74. The summed E-state index contributed by atoms with van der Waals surface area (Å²) in [6.07, 6.45) is 2.27. The van der Waals surface area contributed by atoms with Gasteiger partial charge in [0.1, 0.15) is 18.1 Å². The molecule has 0 fully saturated rings. The molecule has 9 heteroatoms. The summed E-state index contributed by atoms with van der Waals surface area (Å²) >= 11 is 3.44. The Morgan fingerprint density at radius 3 is 2.68 bits per heavy atom. The summed E-state index contributed by atoms with van der Waals surface area (Å²) in [4.78, 5) is 14.4. The predicted molar refractivity (Wildman–Crippen MR) is 116 cm³/mol. The number of hydrogen-bond donors (Lipinski definition) is 2. The summed E-state index contributed by atoms with van der Waals surface area (Å²) in [5, 5.41) is 20.7. The first-order valence-electron chi connectivity index (χ1n) is 8.62. The van der Waals surface area contributed by atoms with Crippen LogP contribution in [0, 0.1) is 22.9 Å². The lowest BCUT2D eigenvalue weighted by Gasteiger charge is -2.19. The molecule has 0 spiro atoms. The Kier molecular flexibility index (Phi) is 10.1. The van der Waals surface area contributed by atoms with Gasteiger partial charge in [-0.15, -0.1) is 0 Å². The van der Waals surface area contributed by atoms with Gasteiger partial charge in [0.15, 0.2) is 11.9 Å². The van der Waals surface area contributed by atoms with Crippen LogP contribution in [-0.2, 0) is 0 Å². The molecule has 0 aliphatic carbocycles. The number of rotatable bonds is 4. The molecule has 0 saturated carbocycles. The van der Waals surface area contributed by atoms with Gasteiger partial charge >= 0.3 is 0 Å². The largest absolute Gasteiger partial charge is 0.487 e. The van der Waals surface area contributed by atoms with Crippen molar-refractivity contribution in [3.8, 4) is 17.0 Å². The summed E-state index contributed by atoms with van der Waals surface area (Å²) in [5.74, 6) is 0.179. The van der Waals surface area contributed by atoms with Crippen LogP contribution in [0.2, 0.25) is 0 Å².